The number of ether oxygens (including phenoxy) is 2. The number of rotatable bonds is 6. The molecule has 11 heteroatoms. The first kappa shape index (κ1) is 26.9. The highest BCUT2D eigenvalue weighted by Crippen LogP contribution is 2.44. The average molecular weight is 558 g/mol. The van der Waals surface area contributed by atoms with Gasteiger partial charge in [0.25, 0.3) is 0 Å². The molecule has 3 aliphatic heterocycles. The fourth-order valence-corrected chi connectivity index (χ4v) is 5.77. The molecule has 4 heterocycles. The number of amides is 1. The number of carbonyl (C=O) groups excluding carboxylic acids is 1. The number of fused-ring (bicyclic) bond motifs is 2. The van der Waals surface area contributed by atoms with Crippen LogP contribution in [-0.4, -0.2) is 77.7 Å². The molecule has 212 valence electrons. The van der Waals surface area contributed by atoms with Crippen molar-refractivity contribution in [3.63, 3.8) is 0 Å². The summed E-state index contributed by atoms with van der Waals surface area (Å²) < 4.78 is 58.0. The van der Waals surface area contributed by atoms with Crippen LogP contribution in [0, 0.1) is 17.5 Å². The Morgan fingerprint density at radius 3 is 2.58 bits per heavy atom. The number of hydrogen-bond donors (Lipinski definition) is 3. The fourth-order valence-electron chi connectivity index (χ4n) is 5.77. The molecule has 1 aromatic carbocycles. The Bertz CT molecular complexity index is 1380. The Labute approximate surface area is 229 Å². The van der Waals surface area contributed by atoms with E-state index in [0.717, 1.165) is 12.1 Å². The van der Waals surface area contributed by atoms with Gasteiger partial charge in [-0.25, -0.2) is 18.2 Å². The minimum atomic E-state index is -0.942. The summed E-state index contributed by atoms with van der Waals surface area (Å²) in [5, 5.41) is 21.7. The van der Waals surface area contributed by atoms with Gasteiger partial charge in [0.1, 0.15) is 35.9 Å². The molecular weight excluding hydrogens is 527 g/mol. The van der Waals surface area contributed by atoms with E-state index in [1.54, 1.807) is 12.2 Å². The van der Waals surface area contributed by atoms with Crippen LogP contribution in [-0.2, 0) is 19.8 Å². The Morgan fingerprint density at radius 2 is 1.95 bits per heavy atom. The van der Waals surface area contributed by atoms with Gasteiger partial charge < -0.3 is 29.9 Å². The number of halogens is 3. The number of nitrogens with one attached hydrogen (secondary N) is 1. The number of hydrogen-bond acceptors (Lipinski definition) is 7. The monoisotopic (exact) mass is 557 g/mol. The number of aliphatic hydroxyl groups excluding tert-OH is 2. The van der Waals surface area contributed by atoms with Gasteiger partial charge in [0, 0.05) is 44.1 Å². The molecule has 2 aromatic rings. The third-order valence-corrected chi connectivity index (χ3v) is 8.13. The molecule has 1 aliphatic carbocycles. The molecule has 1 spiro atoms. The number of aromatic nitrogens is 1. The molecule has 1 aromatic heterocycles. The van der Waals surface area contributed by atoms with Gasteiger partial charge in [-0.05, 0) is 42.2 Å². The van der Waals surface area contributed by atoms with Crippen LogP contribution in [0.15, 0.2) is 30.0 Å². The summed E-state index contributed by atoms with van der Waals surface area (Å²) in [6.07, 6.45) is 5.00. The van der Waals surface area contributed by atoms with E-state index in [4.69, 9.17) is 14.6 Å². The van der Waals surface area contributed by atoms with E-state index in [9.17, 15) is 9.90 Å². The summed E-state index contributed by atoms with van der Waals surface area (Å²) in [4.78, 5) is 17.6. The van der Waals surface area contributed by atoms with Crippen molar-refractivity contribution in [2.75, 3.05) is 39.5 Å². The van der Waals surface area contributed by atoms with Crippen molar-refractivity contribution < 1.29 is 37.7 Å². The quantitative estimate of drug-likeness (QED) is 0.468. The predicted octanol–water partition coefficient (Wildman–Crippen LogP) is 2.87. The lowest BCUT2D eigenvalue weighted by atomic mass is 9.93. The van der Waals surface area contributed by atoms with Crippen molar-refractivity contribution in [1.29, 1.82) is 0 Å². The molecule has 4 aliphatic rings. The lowest BCUT2D eigenvalue weighted by molar-refractivity contribution is -0.133. The first-order valence-corrected chi connectivity index (χ1v) is 13.4. The Hall–Kier alpha value is -3.25. The summed E-state index contributed by atoms with van der Waals surface area (Å²) in [5.41, 5.74) is 0.534. The van der Waals surface area contributed by atoms with E-state index in [2.05, 4.69) is 10.3 Å². The second kappa shape index (κ2) is 10.6. The van der Waals surface area contributed by atoms with Crippen molar-refractivity contribution in [2.24, 2.45) is 0 Å². The molecule has 2 saturated heterocycles. The van der Waals surface area contributed by atoms with Gasteiger partial charge in [0.05, 0.1) is 41.9 Å². The molecule has 8 nitrogen and oxygen atoms in total. The highest BCUT2D eigenvalue weighted by molar-refractivity contribution is 5.79. The third kappa shape index (κ3) is 5.03. The van der Waals surface area contributed by atoms with E-state index in [0.29, 0.717) is 73.5 Å². The van der Waals surface area contributed by atoms with Gasteiger partial charge in [-0.15, -0.1) is 0 Å². The van der Waals surface area contributed by atoms with Crippen molar-refractivity contribution in [3.8, 4) is 11.3 Å². The molecule has 0 saturated carbocycles. The maximum atomic E-state index is 15.5. The molecule has 0 bridgehead atoms. The smallest absolute Gasteiger partial charge is 0.248 e. The zero-order chi connectivity index (χ0) is 28.0. The van der Waals surface area contributed by atoms with Gasteiger partial charge in [-0.1, -0.05) is 6.08 Å². The van der Waals surface area contributed by atoms with Crippen molar-refractivity contribution >= 4 is 17.6 Å². The Balaban J connectivity index is 1.32. The third-order valence-electron chi connectivity index (χ3n) is 8.13. The molecule has 40 heavy (non-hydrogen) atoms. The van der Waals surface area contributed by atoms with Crippen LogP contribution < -0.4 is 5.32 Å². The summed E-state index contributed by atoms with van der Waals surface area (Å²) in [5.74, 6) is -2.49. The lowest BCUT2D eigenvalue weighted by Crippen LogP contribution is -2.36. The Kier molecular flexibility index (Phi) is 7.16. The van der Waals surface area contributed by atoms with Crippen LogP contribution >= 0.6 is 0 Å². The maximum Gasteiger partial charge on any atom is 0.248 e. The second-order valence-electron chi connectivity index (χ2n) is 10.7. The molecular formula is C29H30F3N3O5. The second-order valence-corrected chi connectivity index (χ2v) is 10.7. The van der Waals surface area contributed by atoms with E-state index in [1.165, 1.54) is 11.0 Å². The van der Waals surface area contributed by atoms with Crippen LogP contribution in [0.4, 0.5) is 13.2 Å². The van der Waals surface area contributed by atoms with Crippen LogP contribution in [0.2, 0.25) is 0 Å². The zero-order valence-electron chi connectivity index (χ0n) is 21.8. The van der Waals surface area contributed by atoms with Gasteiger partial charge >= 0.3 is 0 Å². The van der Waals surface area contributed by atoms with Crippen molar-refractivity contribution in [2.45, 2.75) is 43.4 Å². The topological polar surface area (TPSA) is 114 Å². The van der Waals surface area contributed by atoms with Gasteiger partial charge in [-0.3, -0.25) is 4.79 Å². The van der Waals surface area contributed by atoms with Crippen LogP contribution in [0.25, 0.3) is 22.9 Å². The average Bonchev–Trinajstić information content (AvgIpc) is 3.64. The number of benzene rings is 1. The SMILES string of the molecule is O=C(CO)N1CC=C(c2cc(F)c(-c3nc4c(cc3F)C3(CCC(O[C@@H]5CO[C@H](CO)C5)=C4)CN3)c(F)c2)CC1. The number of carbonyl (C=O) groups is 1. The van der Waals surface area contributed by atoms with E-state index in [1.807, 2.05) is 0 Å². The van der Waals surface area contributed by atoms with E-state index in [-0.39, 0.29) is 25.4 Å². The minimum absolute atomic E-state index is 0.0893. The first-order chi connectivity index (χ1) is 19.3. The molecule has 6 rings (SSSR count). The largest absolute Gasteiger partial charge is 0.492 e. The molecule has 3 atom stereocenters. The molecule has 1 amide bonds. The molecule has 0 radical (unpaired) electrons. The number of aliphatic hydroxyl groups is 2. The van der Waals surface area contributed by atoms with Gasteiger partial charge in [0.2, 0.25) is 5.91 Å². The van der Waals surface area contributed by atoms with E-state index < -0.39 is 46.8 Å². The summed E-state index contributed by atoms with van der Waals surface area (Å²) >= 11 is 0. The zero-order valence-corrected chi connectivity index (χ0v) is 21.8. The minimum Gasteiger partial charge on any atom is -0.492 e. The number of pyridine rings is 1. The summed E-state index contributed by atoms with van der Waals surface area (Å²) in [7, 11) is 0. The van der Waals surface area contributed by atoms with Crippen molar-refractivity contribution in [3.05, 3.63) is 64.3 Å². The lowest BCUT2D eigenvalue weighted by Gasteiger charge is -2.26. The normalized spacial score (nSPS) is 25.8. The number of allylic oxidation sites excluding steroid dienone is 1. The highest BCUT2D eigenvalue weighted by atomic mass is 19.1. The van der Waals surface area contributed by atoms with Gasteiger partial charge in [0.15, 0.2) is 0 Å². The van der Waals surface area contributed by atoms with Crippen LogP contribution in [0.3, 0.4) is 0 Å². The standard InChI is InChI=1S/C29H30F3N3O5/c30-22-7-17(16-2-5-35(6-3-16)26(38)13-37)8-23(31)27(22)28-24(32)11-21-25(34-28)10-18(1-4-29(21)15-33-29)40-20-9-19(12-36)39-14-20/h2,7-8,10-11,19-20,33,36-37H,1,3-6,9,12-15H2/t19-,20-,29?/m0/s1. The first-order valence-electron chi connectivity index (χ1n) is 13.4. The molecule has 2 fully saturated rings. The van der Waals surface area contributed by atoms with Gasteiger partial charge in [-0.2, -0.15) is 0 Å². The van der Waals surface area contributed by atoms with Crippen LogP contribution in [0.5, 0.6) is 0 Å². The predicted molar refractivity (Wildman–Crippen MR) is 139 cm³/mol. The highest BCUT2D eigenvalue weighted by Gasteiger charge is 2.47. The van der Waals surface area contributed by atoms with Crippen molar-refractivity contribution in [1.82, 2.24) is 15.2 Å². The molecule has 1 unspecified atom stereocenters. The Morgan fingerprint density at radius 1 is 1.18 bits per heavy atom. The van der Waals surface area contributed by atoms with E-state index >= 15 is 13.2 Å². The van der Waals surface area contributed by atoms with Crippen LogP contribution in [0.1, 0.15) is 42.5 Å². The summed E-state index contributed by atoms with van der Waals surface area (Å²) in [6, 6.07) is 3.62. The summed E-state index contributed by atoms with van der Waals surface area (Å²) in [6.45, 7) is 0.830. The fraction of sp³-hybridized carbons (Fsp3) is 0.448. The molecule has 3 N–H and O–H groups in total. The maximum absolute atomic E-state index is 15.5. The number of nitrogens with zero attached hydrogens (tertiary/aromatic N) is 2.